The Hall–Kier alpha value is -2.37. The molecule has 0 heterocycles. The van der Waals surface area contributed by atoms with E-state index in [1.165, 1.54) is 14.0 Å². The van der Waals surface area contributed by atoms with Crippen LogP contribution in [0.2, 0.25) is 0 Å². The molecule has 0 spiro atoms. The van der Waals surface area contributed by atoms with Crippen LogP contribution in [0.1, 0.15) is 38.8 Å². The molecule has 1 aromatic rings. The first-order valence-electron chi connectivity index (χ1n) is 7.45. The van der Waals surface area contributed by atoms with Crippen molar-refractivity contribution in [1.82, 2.24) is 5.32 Å². The van der Waals surface area contributed by atoms with Gasteiger partial charge in [0.05, 0.1) is 7.11 Å². The number of rotatable bonds is 7. The number of carbonyl (C=O) groups excluding carboxylic acids is 3. The van der Waals surface area contributed by atoms with Gasteiger partial charge in [0.1, 0.15) is 0 Å². The van der Waals surface area contributed by atoms with Gasteiger partial charge in [-0.3, -0.25) is 9.59 Å². The fourth-order valence-electron chi connectivity index (χ4n) is 2.11. The summed E-state index contributed by atoms with van der Waals surface area (Å²) in [6.07, 6.45) is -0.572. The molecular formula is C17H23NO5. The van der Waals surface area contributed by atoms with Crippen LogP contribution in [0, 0.1) is 5.92 Å². The minimum Gasteiger partial charge on any atom is -0.467 e. The molecule has 0 bridgehead atoms. The maximum atomic E-state index is 12.4. The third-order valence-electron chi connectivity index (χ3n) is 3.14. The molecule has 2 atom stereocenters. The number of carbonyl (C=O) groups is 3. The minimum absolute atomic E-state index is 0.151. The quantitative estimate of drug-likeness (QED) is 0.777. The maximum absolute atomic E-state index is 12.4. The van der Waals surface area contributed by atoms with Gasteiger partial charge < -0.3 is 14.8 Å². The highest BCUT2D eigenvalue weighted by Gasteiger charge is 2.29. The van der Waals surface area contributed by atoms with Crippen LogP contribution in [-0.2, 0) is 23.9 Å². The lowest BCUT2D eigenvalue weighted by Crippen LogP contribution is -2.42. The van der Waals surface area contributed by atoms with E-state index in [4.69, 9.17) is 9.47 Å². The Morgan fingerprint density at radius 3 is 2.22 bits per heavy atom. The zero-order valence-electron chi connectivity index (χ0n) is 13.9. The second-order valence-electron chi connectivity index (χ2n) is 5.60. The first kappa shape index (κ1) is 18.7. The Kier molecular flexibility index (Phi) is 7.25. The molecule has 0 saturated carbocycles. The molecule has 6 nitrogen and oxygen atoms in total. The summed E-state index contributed by atoms with van der Waals surface area (Å²) in [5.41, 5.74) is 0.596. The van der Waals surface area contributed by atoms with E-state index in [1.807, 2.05) is 13.8 Å². The number of ether oxygens (including phenoxy) is 2. The third kappa shape index (κ3) is 6.10. The van der Waals surface area contributed by atoms with E-state index < -0.39 is 30.0 Å². The van der Waals surface area contributed by atoms with Gasteiger partial charge in [-0.15, -0.1) is 0 Å². The van der Waals surface area contributed by atoms with Crippen molar-refractivity contribution in [1.29, 1.82) is 0 Å². The topological polar surface area (TPSA) is 81.7 Å². The van der Waals surface area contributed by atoms with Crippen LogP contribution >= 0.6 is 0 Å². The average molecular weight is 321 g/mol. The smallest absolute Gasteiger partial charge is 0.333 e. The van der Waals surface area contributed by atoms with Gasteiger partial charge in [0, 0.05) is 6.92 Å². The van der Waals surface area contributed by atoms with Crippen molar-refractivity contribution in [3.63, 3.8) is 0 Å². The van der Waals surface area contributed by atoms with Crippen LogP contribution in [-0.4, -0.2) is 31.1 Å². The number of methoxy groups -OCH3 is 1. The molecule has 0 aliphatic rings. The fourth-order valence-corrected chi connectivity index (χ4v) is 2.11. The number of amides is 1. The first-order chi connectivity index (χ1) is 10.8. The van der Waals surface area contributed by atoms with Crippen molar-refractivity contribution in [2.45, 2.75) is 39.3 Å². The summed E-state index contributed by atoms with van der Waals surface area (Å²) in [4.78, 5) is 35.6. The van der Waals surface area contributed by atoms with Crippen molar-refractivity contribution < 1.29 is 23.9 Å². The Bertz CT molecular complexity index is 541. The summed E-state index contributed by atoms with van der Waals surface area (Å²) in [5.74, 6) is -1.50. The Morgan fingerprint density at radius 1 is 1.13 bits per heavy atom. The lowest BCUT2D eigenvalue weighted by atomic mass is 10.0. The van der Waals surface area contributed by atoms with Crippen molar-refractivity contribution in [3.8, 4) is 0 Å². The number of hydrogen-bond acceptors (Lipinski definition) is 5. The first-order valence-corrected chi connectivity index (χ1v) is 7.45. The number of esters is 2. The van der Waals surface area contributed by atoms with Crippen LogP contribution < -0.4 is 5.32 Å². The summed E-state index contributed by atoms with van der Waals surface area (Å²) >= 11 is 0. The average Bonchev–Trinajstić information content (AvgIpc) is 2.51. The van der Waals surface area contributed by atoms with Gasteiger partial charge in [0.15, 0.2) is 12.1 Å². The van der Waals surface area contributed by atoms with Crippen LogP contribution in [0.25, 0.3) is 0 Å². The van der Waals surface area contributed by atoms with Crippen molar-refractivity contribution in [3.05, 3.63) is 35.9 Å². The second-order valence-corrected chi connectivity index (χ2v) is 5.60. The van der Waals surface area contributed by atoms with Gasteiger partial charge in [0.2, 0.25) is 0 Å². The van der Waals surface area contributed by atoms with Gasteiger partial charge >= 0.3 is 11.9 Å². The standard InChI is InChI=1S/C17H23NO5/c1-11(2)10-14(23-12(3)19)16(20)18-15(17(21)22-4)13-8-6-5-7-9-13/h5-9,11,14-15H,10H2,1-4H3,(H,18,20)/t14-,15+/m0/s1. The zero-order chi connectivity index (χ0) is 17.4. The number of benzene rings is 1. The molecule has 0 aromatic heterocycles. The molecule has 126 valence electrons. The lowest BCUT2D eigenvalue weighted by molar-refractivity contribution is -0.156. The van der Waals surface area contributed by atoms with Crippen molar-refractivity contribution in [2.75, 3.05) is 7.11 Å². The van der Waals surface area contributed by atoms with Crippen LogP contribution in [0.3, 0.4) is 0 Å². The van der Waals surface area contributed by atoms with E-state index in [9.17, 15) is 14.4 Å². The van der Waals surface area contributed by atoms with Crippen LogP contribution in [0.15, 0.2) is 30.3 Å². The Balaban J connectivity index is 2.94. The highest BCUT2D eigenvalue weighted by atomic mass is 16.5. The van der Waals surface area contributed by atoms with E-state index in [2.05, 4.69) is 5.32 Å². The molecule has 0 fully saturated rings. The normalized spacial score (nSPS) is 13.1. The third-order valence-corrected chi connectivity index (χ3v) is 3.14. The lowest BCUT2D eigenvalue weighted by Gasteiger charge is -2.22. The van der Waals surface area contributed by atoms with Gasteiger partial charge in [-0.2, -0.15) is 0 Å². The number of hydrogen-bond donors (Lipinski definition) is 1. The SMILES string of the molecule is COC(=O)[C@H](NC(=O)[C@H](CC(C)C)OC(C)=O)c1ccccc1. The van der Waals surface area contributed by atoms with Crippen molar-refractivity contribution >= 4 is 17.8 Å². The van der Waals surface area contributed by atoms with Gasteiger partial charge in [-0.25, -0.2) is 4.79 Å². The molecule has 1 rings (SSSR count). The van der Waals surface area contributed by atoms with E-state index in [1.54, 1.807) is 30.3 Å². The molecule has 1 N–H and O–H groups in total. The minimum atomic E-state index is -0.945. The molecule has 1 amide bonds. The molecule has 6 heteroatoms. The summed E-state index contributed by atoms with van der Waals surface area (Å²) in [6, 6.07) is 7.81. The molecule has 0 aliphatic heterocycles. The fraction of sp³-hybridized carbons (Fsp3) is 0.471. The molecule has 1 aromatic carbocycles. The summed E-state index contributed by atoms with van der Waals surface area (Å²) in [7, 11) is 1.25. The summed E-state index contributed by atoms with van der Waals surface area (Å²) in [5, 5.41) is 2.60. The highest BCUT2D eigenvalue weighted by Crippen LogP contribution is 2.16. The van der Waals surface area contributed by atoms with E-state index >= 15 is 0 Å². The zero-order valence-corrected chi connectivity index (χ0v) is 13.9. The van der Waals surface area contributed by atoms with Gasteiger partial charge in [0.25, 0.3) is 5.91 Å². The summed E-state index contributed by atoms with van der Waals surface area (Å²) < 4.78 is 9.82. The van der Waals surface area contributed by atoms with Crippen LogP contribution in [0.4, 0.5) is 0 Å². The van der Waals surface area contributed by atoms with Gasteiger partial charge in [-0.05, 0) is 17.9 Å². The highest BCUT2D eigenvalue weighted by molar-refractivity contribution is 5.88. The number of nitrogens with one attached hydrogen (secondary N) is 1. The Morgan fingerprint density at radius 2 is 1.74 bits per heavy atom. The van der Waals surface area contributed by atoms with Gasteiger partial charge in [-0.1, -0.05) is 44.2 Å². The second kappa shape index (κ2) is 8.92. The summed E-state index contributed by atoms with van der Waals surface area (Å²) in [6.45, 7) is 5.08. The van der Waals surface area contributed by atoms with E-state index in [-0.39, 0.29) is 5.92 Å². The Labute approximate surface area is 136 Å². The monoisotopic (exact) mass is 321 g/mol. The molecule has 0 aliphatic carbocycles. The molecular weight excluding hydrogens is 298 g/mol. The molecule has 0 radical (unpaired) electrons. The molecule has 23 heavy (non-hydrogen) atoms. The predicted octanol–water partition coefficient (Wildman–Crippen LogP) is 1.99. The molecule has 0 saturated heterocycles. The van der Waals surface area contributed by atoms with Crippen LogP contribution in [0.5, 0.6) is 0 Å². The predicted molar refractivity (Wildman–Crippen MR) is 84.4 cm³/mol. The molecule has 0 unspecified atom stereocenters. The van der Waals surface area contributed by atoms with E-state index in [0.717, 1.165) is 0 Å². The van der Waals surface area contributed by atoms with E-state index in [0.29, 0.717) is 12.0 Å². The van der Waals surface area contributed by atoms with Crippen molar-refractivity contribution in [2.24, 2.45) is 5.92 Å². The maximum Gasteiger partial charge on any atom is 0.333 e. The largest absolute Gasteiger partial charge is 0.467 e.